The van der Waals surface area contributed by atoms with Crippen molar-refractivity contribution in [3.8, 4) is 0 Å². The molecular weight excluding hydrogens is 284 g/mol. The van der Waals surface area contributed by atoms with E-state index in [1.165, 1.54) is 0 Å². The lowest BCUT2D eigenvalue weighted by atomic mass is 10.1. The maximum Gasteiger partial charge on any atom is 0.243 e. The van der Waals surface area contributed by atoms with E-state index in [1.54, 1.807) is 10.4 Å². The van der Waals surface area contributed by atoms with E-state index < -0.39 is 10.0 Å². The molecule has 5 heteroatoms. The third-order valence-corrected chi connectivity index (χ3v) is 6.04. The Kier molecular flexibility index (Phi) is 6.84. The Balaban J connectivity index is 3.27. The molecule has 0 aliphatic rings. The number of benzene rings is 1. The molecule has 0 aromatic heterocycles. The fourth-order valence-electron chi connectivity index (χ4n) is 2.27. The van der Waals surface area contributed by atoms with Crippen LogP contribution in [0.4, 0.5) is 0 Å². The molecule has 0 aliphatic heterocycles. The molecular formula is C16H28N2O2S. The summed E-state index contributed by atoms with van der Waals surface area (Å²) in [4.78, 5) is 0.391. The van der Waals surface area contributed by atoms with Gasteiger partial charge in [0.15, 0.2) is 0 Å². The maximum atomic E-state index is 13.0. The van der Waals surface area contributed by atoms with E-state index in [0.29, 0.717) is 18.0 Å². The molecule has 0 saturated carbocycles. The molecule has 1 aromatic rings. The van der Waals surface area contributed by atoms with Crippen molar-refractivity contribution >= 4 is 10.0 Å². The average Bonchev–Trinajstić information content (AvgIpc) is 2.47. The highest BCUT2D eigenvalue weighted by molar-refractivity contribution is 7.89. The van der Waals surface area contributed by atoms with E-state index in [2.05, 4.69) is 6.92 Å². The smallest absolute Gasteiger partial charge is 0.243 e. The Morgan fingerprint density at radius 1 is 1.29 bits per heavy atom. The molecule has 1 aromatic carbocycles. The first-order valence-electron chi connectivity index (χ1n) is 7.69. The second kappa shape index (κ2) is 7.92. The van der Waals surface area contributed by atoms with Gasteiger partial charge in [0.05, 0.1) is 4.90 Å². The summed E-state index contributed by atoms with van der Waals surface area (Å²) in [5.74, 6) is 0. The fraction of sp³-hybridized carbons (Fsp3) is 0.625. The Labute approximate surface area is 129 Å². The van der Waals surface area contributed by atoms with E-state index in [4.69, 9.17) is 5.73 Å². The van der Waals surface area contributed by atoms with Crippen LogP contribution >= 0.6 is 0 Å². The fourth-order valence-corrected chi connectivity index (χ4v) is 4.29. The van der Waals surface area contributed by atoms with Crippen LogP contribution in [0.15, 0.2) is 23.1 Å². The van der Waals surface area contributed by atoms with Gasteiger partial charge in [-0.3, -0.25) is 0 Å². The van der Waals surface area contributed by atoms with Crippen molar-refractivity contribution in [3.63, 3.8) is 0 Å². The quantitative estimate of drug-likeness (QED) is 0.802. The Hall–Kier alpha value is -0.910. The lowest BCUT2D eigenvalue weighted by molar-refractivity contribution is 0.324. The van der Waals surface area contributed by atoms with Crippen LogP contribution < -0.4 is 5.73 Å². The van der Waals surface area contributed by atoms with Gasteiger partial charge in [-0.05, 0) is 43.9 Å². The molecule has 21 heavy (non-hydrogen) atoms. The molecule has 0 amide bonds. The predicted molar refractivity (Wildman–Crippen MR) is 87.6 cm³/mol. The van der Waals surface area contributed by atoms with Crippen molar-refractivity contribution in [2.24, 2.45) is 5.73 Å². The normalized spacial score (nSPS) is 13.6. The standard InChI is InChI=1S/C16H28N2O2S/c1-5-7-10-18(14(4)6-2)21(19,20)16-11-15(12-17)9-8-13(16)3/h8-9,11,14H,5-7,10,12,17H2,1-4H3. The highest BCUT2D eigenvalue weighted by Gasteiger charge is 2.29. The van der Waals surface area contributed by atoms with Crippen LogP contribution in [0.3, 0.4) is 0 Å². The van der Waals surface area contributed by atoms with Crippen LogP contribution in [-0.2, 0) is 16.6 Å². The molecule has 0 radical (unpaired) electrons. The SMILES string of the molecule is CCCCN(C(C)CC)S(=O)(=O)c1cc(CN)ccc1C. The Morgan fingerprint density at radius 2 is 1.95 bits per heavy atom. The summed E-state index contributed by atoms with van der Waals surface area (Å²) in [6.07, 6.45) is 2.65. The minimum absolute atomic E-state index is 0.00230. The van der Waals surface area contributed by atoms with Gasteiger partial charge in [0.2, 0.25) is 10.0 Å². The highest BCUT2D eigenvalue weighted by Crippen LogP contribution is 2.24. The monoisotopic (exact) mass is 312 g/mol. The number of rotatable bonds is 8. The molecule has 1 unspecified atom stereocenters. The van der Waals surface area contributed by atoms with Gasteiger partial charge in [-0.1, -0.05) is 32.4 Å². The van der Waals surface area contributed by atoms with Crippen molar-refractivity contribution in [2.75, 3.05) is 6.54 Å². The number of hydrogen-bond acceptors (Lipinski definition) is 3. The first kappa shape index (κ1) is 18.1. The van der Waals surface area contributed by atoms with Gasteiger partial charge in [-0.25, -0.2) is 8.42 Å². The number of nitrogens with zero attached hydrogens (tertiary/aromatic N) is 1. The topological polar surface area (TPSA) is 63.4 Å². The van der Waals surface area contributed by atoms with Gasteiger partial charge in [0.25, 0.3) is 0 Å². The second-order valence-electron chi connectivity index (χ2n) is 5.53. The van der Waals surface area contributed by atoms with Crippen molar-refractivity contribution < 1.29 is 8.42 Å². The molecule has 1 atom stereocenters. The van der Waals surface area contributed by atoms with E-state index in [9.17, 15) is 8.42 Å². The van der Waals surface area contributed by atoms with Crippen molar-refractivity contribution in [1.29, 1.82) is 0 Å². The molecule has 0 bridgehead atoms. The molecule has 1 rings (SSSR count). The third kappa shape index (κ3) is 4.28. The summed E-state index contributed by atoms with van der Waals surface area (Å²) < 4.78 is 27.7. The zero-order valence-electron chi connectivity index (χ0n) is 13.6. The van der Waals surface area contributed by atoms with Crippen molar-refractivity contribution in [2.45, 2.75) is 64.4 Å². The first-order chi connectivity index (χ1) is 9.88. The third-order valence-electron chi connectivity index (χ3n) is 3.89. The van der Waals surface area contributed by atoms with Gasteiger partial charge < -0.3 is 5.73 Å². The summed E-state index contributed by atoms with van der Waals surface area (Å²) in [7, 11) is -3.47. The number of nitrogens with two attached hydrogens (primary N) is 1. The molecule has 4 nitrogen and oxygen atoms in total. The zero-order chi connectivity index (χ0) is 16.0. The summed E-state index contributed by atoms with van der Waals surface area (Å²) in [5.41, 5.74) is 7.27. The number of sulfonamides is 1. The van der Waals surface area contributed by atoms with Crippen molar-refractivity contribution in [3.05, 3.63) is 29.3 Å². The van der Waals surface area contributed by atoms with Gasteiger partial charge in [0.1, 0.15) is 0 Å². The minimum atomic E-state index is -3.47. The van der Waals surface area contributed by atoms with Crippen LogP contribution in [0.2, 0.25) is 0 Å². The van der Waals surface area contributed by atoms with E-state index in [-0.39, 0.29) is 6.04 Å². The minimum Gasteiger partial charge on any atom is -0.326 e. The summed E-state index contributed by atoms with van der Waals surface area (Å²) in [6.45, 7) is 8.81. The van der Waals surface area contributed by atoms with E-state index >= 15 is 0 Å². The molecule has 0 saturated heterocycles. The largest absolute Gasteiger partial charge is 0.326 e. The molecule has 2 N–H and O–H groups in total. The van der Waals surface area contributed by atoms with Crippen LogP contribution in [0.5, 0.6) is 0 Å². The van der Waals surface area contributed by atoms with Crippen LogP contribution in [-0.4, -0.2) is 25.3 Å². The van der Waals surface area contributed by atoms with Gasteiger partial charge in [0, 0.05) is 19.1 Å². The maximum absolute atomic E-state index is 13.0. The van der Waals surface area contributed by atoms with Gasteiger partial charge in [-0.15, -0.1) is 0 Å². The number of hydrogen-bond donors (Lipinski definition) is 1. The summed E-state index contributed by atoms with van der Waals surface area (Å²) in [6, 6.07) is 5.44. The molecule has 0 heterocycles. The van der Waals surface area contributed by atoms with Crippen LogP contribution in [0.25, 0.3) is 0 Å². The molecule has 0 spiro atoms. The molecule has 0 aliphatic carbocycles. The lowest BCUT2D eigenvalue weighted by Gasteiger charge is -2.28. The Bertz CT molecular complexity index is 555. The average molecular weight is 312 g/mol. The van der Waals surface area contributed by atoms with Crippen LogP contribution in [0, 0.1) is 6.92 Å². The van der Waals surface area contributed by atoms with Crippen molar-refractivity contribution in [1.82, 2.24) is 4.31 Å². The predicted octanol–water partition coefficient (Wildman–Crippen LogP) is 3.04. The second-order valence-corrected chi connectivity index (χ2v) is 7.39. The summed E-state index contributed by atoms with van der Waals surface area (Å²) >= 11 is 0. The van der Waals surface area contributed by atoms with Gasteiger partial charge >= 0.3 is 0 Å². The zero-order valence-corrected chi connectivity index (χ0v) is 14.4. The summed E-state index contributed by atoms with van der Waals surface area (Å²) in [5, 5.41) is 0. The van der Waals surface area contributed by atoms with Gasteiger partial charge in [-0.2, -0.15) is 4.31 Å². The number of aryl methyl sites for hydroxylation is 1. The van der Waals surface area contributed by atoms with E-state index in [1.807, 2.05) is 32.9 Å². The lowest BCUT2D eigenvalue weighted by Crippen LogP contribution is -2.39. The molecule has 0 fully saturated rings. The Morgan fingerprint density at radius 3 is 2.48 bits per heavy atom. The van der Waals surface area contributed by atoms with Crippen LogP contribution in [0.1, 0.15) is 51.2 Å². The first-order valence-corrected chi connectivity index (χ1v) is 9.13. The highest BCUT2D eigenvalue weighted by atomic mass is 32.2. The van der Waals surface area contributed by atoms with E-state index in [0.717, 1.165) is 30.4 Å². The molecule has 120 valence electrons. The number of unbranched alkanes of at least 4 members (excludes halogenated alkanes) is 1.